The average molecular weight is 257 g/mol. The van der Waals surface area contributed by atoms with Crippen molar-refractivity contribution in [3.8, 4) is 0 Å². The molecule has 0 amide bonds. The summed E-state index contributed by atoms with van der Waals surface area (Å²) in [6, 6.07) is 1.09. The Morgan fingerprint density at radius 3 is 2.67 bits per heavy atom. The van der Waals surface area contributed by atoms with Gasteiger partial charge in [-0.15, -0.1) is 0 Å². The van der Waals surface area contributed by atoms with Crippen molar-refractivity contribution in [3.05, 3.63) is 0 Å². The van der Waals surface area contributed by atoms with Gasteiger partial charge < -0.3 is 15.0 Å². The third-order valence-corrected chi connectivity index (χ3v) is 3.71. The number of rotatable bonds is 8. The molecule has 1 aliphatic rings. The smallest absolute Gasteiger partial charge is 0.0634 e. The molecular formula is C14H31N3O. The lowest BCUT2D eigenvalue weighted by atomic mass is 10.2. The molecular weight excluding hydrogens is 226 g/mol. The van der Waals surface area contributed by atoms with Gasteiger partial charge >= 0.3 is 0 Å². The first-order chi connectivity index (χ1) is 8.67. The van der Waals surface area contributed by atoms with Crippen molar-refractivity contribution in [1.29, 1.82) is 0 Å². The molecule has 0 spiro atoms. The number of hydrogen-bond acceptors (Lipinski definition) is 4. The molecule has 1 aliphatic heterocycles. The van der Waals surface area contributed by atoms with Gasteiger partial charge in [0.15, 0.2) is 0 Å². The van der Waals surface area contributed by atoms with Crippen LogP contribution in [0.2, 0.25) is 0 Å². The van der Waals surface area contributed by atoms with Crippen molar-refractivity contribution in [2.24, 2.45) is 0 Å². The van der Waals surface area contributed by atoms with Gasteiger partial charge in [0.05, 0.1) is 13.2 Å². The number of hydrogen-bond donors (Lipinski definition) is 1. The van der Waals surface area contributed by atoms with Crippen LogP contribution in [0.25, 0.3) is 0 Å². The summed E-state index contributed by atoms with van der Waals surface area (Å²) < 4.78 is 5.61. The molecule has 0 aliphatic carbocycles. The Kier molecular flexibility index (Phi) is 7.82. The van der Waals surface area contributed by atoms with Gasteiger partial charge in [-0.2, -0.15) is 0 Å². The predicted molar refractivity (Wildman–Crippen MR) is 77.1 cm³/mol. The van der Waals surface area contributed by atoms with Crippen LogP contribution in [-0.2, 0) is 4.74 Å². The molecule has 1 fully saturated rings. The quantitative estimate of drug-likeness (QED) is 0.703. The lowest BCUT2D eigenvalue weighted by Crippen LogP contribution is -2.53. The monoisotopic (exact) mass is 257 g/mol. The second kappa shape index (κ2) is 8.86. The molecule has 0 saturated carbocycles. The van der Waals surface area contributed by atoms with Crippen LogP contribution in [0.4, 0.5) is 0 Å². The van der Waals surface area contributed by atoms with Crippen LogP contribution in [0.1, 0.15) is 27.7 Å². The first-order valence-electron chi connectivity index (χ1n) is 7.44. The van der Waals surface area contributed by atoms with Gasteiger partial charge in [-0.05, 0) is 13.1 Å². The molecule has 0 aromatic heterocycles. The lowest BCUT2D eigenvalue weighted by Gasteiger charge is -2.37. The van der Waals surface area contributed by atoms with E-state index in [2.05, 4.69) is 42.8 Å². The van der Waals surface area contributed by atoms with Crippen LogP contribution in [0.5, 0.6) is 0 Å². The van der Waals surface area contributed by atoms with Crippen molar-refractivity contribution in [1.82, 2.24) is 15.1 Å². The van der Waals surface area contributed by atoms with Crippen molar-refractivity contribution in [2.75, 3.05) is 52.5 Å². The number of nitrogens with zero attached hydrogens (tertiary/aromatic N) is 2. The van der Waals surface area contributed by atoms with E-state index in [-0.39, 0.29) is 0 Å². The molecule has 4 nitrogen and oxygen atoms in total. The van der Waals surface area contributed by atoms with E-state index in [1.807, 2.05) is 0 Å². The highest BCUT2D eigenvalue weighted by Crippen LogP contribution is 2.06. The SMILES string of the molecule is CCN(CC)CCN1CCOCC1CNC(C)C. The Balaban J connectivity index is 2.34. The zero-order valence-corrected chi connectivity index (χ0v) is 12.6. The summed E-state index contributed by atoms with van der Waals surface area (Å²) >= 11 is 0. The van der Waals surface area contributed by atoms with E-state index >= 15 is 0 Å². The Bertz CT molecular complexity index is 207. The second-order valence-electron chi connectivity index (χ2n) is 5.35. The normalized spacial score (nSPS) is 22.0. The second-order valence-corrected chi connectivity index (χ2v) is 5.35. The Hall–Kier alpha value is -0.160. The van der Waals surface area contributed by atoms with Crippen LogP contribution >= 0.6 is 0 Å². The molecule has 1 unspecified atom stereocenters. The standard InChI is InChI=1S/C14H31N3O/c1-5-16(6-2)7-8-17-9-10-18-12-14(17)11-15-13(3)4/h13-15H,5-12H2,1-4H3. The zero-order valence-electron chi connectivity index (χ0n) is 12.6. The van der Waals surface area contributed by atoms with Gasteiger partial charge in [0.25, 0.3) is 0 Å². The molecule has 1 atom stereocenters. The molecule has 108 valence electrons. The van der Waals surface area contributed by atoms with Crippen LogP contribution < -0.4 is 5.32 Å². The van der Waals surface area contributed by atoms with E-state index in [0.29, 0.717) is 12.1 Å². The first kappa shape index (κ1) is 15.9. The predicted octanol–water partition coefficient (Wildman–Crippen LogP) is 1.03. The number of morpholine rings is 1. The highest BCUT2D eigenvalue weighted by atomic mass is 16.5. The fourth-order valence-corrected chi connectivity index (χ4v) is 2.35. The summed E-state index contributed by atoms with van der Waals surface area (Å²) in [5, 5.41) is 3.53. The molecule has 1 heterocycles. The third kappa shape index (κ3) is 5.65. The maximum Gasteiger partial charge on any atom is 0.0634 e. The van der Waals surface area contributed by atoms with Crippen LogP contribution in [0.3, 0.4) is 0 Å². The molecule has 1 N–H and O–H groups in total. The van der Waals surface area contributed by atoms with E-state index < -0.39 is 0 Å². The third-order valence-electron chi connectivity index (χ3n) is 3.71. The molecule has 1 saturated heterocycles. The molecule has 0 aromatic carbocycles. The van der Waals surface area contributed by atoms with E-state index in [1.165, 1.54) is 6.54 Å². The van der Waals surface area contributed by atoms with E-state index in [4.69, 9.17) is 4.74 Å². The summed E-state index contributed by atoms with van der Waals surface area (Å²) in [7, 11) is 0. The fraction of sp³-hybridized carbons (Fsp3) is 1.00. The minimum atomic E-state index is 0.539. The summed E-state index contributed by atoms with van der Waals surface area (Å²) in [4.78, 5) is 5.07. The number of likely N-dealkylation sites (N-methyl/N-ethyl adjacent to an activating group) is 1. The largest absolute Gasteiger partial charge is 0.378 e. The van der Waals surface area contributed by atoms with Crippen LogP contribution in [0.15, 0.2) is 0 Å². The molecule has 0 bridgehead atoms. The summed E-state index contributed by atoms with van der Waals surface area (Å²) in [5.74, 6) is 0. The first-order valence-corrected chi connectivity index (χ1v) is 7.44. The van der Waals surface area contributed by atoms with E-state index in [1.54, 1.807) is 0 Å². The van der Waals surface area contributed by atoms with Gasteiger partial charge in [-0.25, -0.2) is 0 Å². The maximum atomic E-state index is 5.61. The minimum absolute atomic E-state index is 0.539. The molecule has 1 rings (SSSR count). The zero-order chi connectivity index (χ0) is 13.4. The van der Waals surface area contributed by atoms with Gasteiger partial charge in [-0.3, -0.25) is 4.90 Å². The topological polar surface area (TPSA) is 27.7 Å². The molecule has 0 aromatic rings. The Morgan fingerprint density at radius 1 is 1.33 bits per heavy atom. The summed E-state index contributed by atoms with van der Waals surface area (Å²) in [5.41, 5.74) is 0. The molecule has 4 heteroatoms. The van der Waals surface area contributed by atoms with E-state index in [9.17, 15) is 0 Å². The summed E-state index contributed by atoms with van der Waals surface area (Å²) in [6.07, 6.45) is 0. The van der Waals surface area contributed by atoms with Gasteiger partial charge in [0, 0.05) is 38.3 Å². The van der Waals surface area contributed by atoms with E-state index in [0.717, 1.165) is 45.9 Å². The van der Waals surface area contributed by atoms with Crippen LogP contribution in [-0.4, -0.2) is 74.4 Å². The minimum Gasteiger partial charge on any atom is -0.378 e. The fourth-order valence-electron chi connectivity index (χ4n) is 2.35. The van der Waals surface area contributed by atoms with Crippen molar-refractivity contribution in [2.45, 2.75) is 39.8 Å². The van der Waals surface area contributed by atoms with Gasteiger partial charge in [0.1, 0.15) is 0 Å². The van der Waals surface area contributed by atoms with Crippen molar-refractivity contribution in [3.63, 3.8) is 0 Å². The van der Waals surface area contributed by atoms with Crippen LogP contribution in [0, 0.1) is 0 Å². The lowest BCUT2D eigenvalue weighted by molar-refractivity contribution is -0.0105. The number of ether oxygens (including phenoxy) is 1. The van der Waals surface area contributed by atoms with Crippen molar-refractivity contribution < 1.29 is 4.74 Å². The van der Waals surface area contributed by atoms with Gasteiger partial charge in [-0.1, -0.05) is 27.7 Å². The maximum absolute atomic E-state index is 5.61. The number of nitrogens with one attached hydrogen (secondary N) is 1. The van der Waals surface area contributed by atoms with Crippen molar-refractivity contribution >= 4 is 0 Å². The molecule has 0 radical (unpaired) electrons. The Labute approximate surface area is 113 Å². The summed E-state index contributed by atoms with van der Waals surface area (Å²) in [6.45, 7) is 17.4. The Morgan fingerprint density at radius 2 is 2.06 bits per heavy atom. The van der Waals surface area contributed by atoms with Gasteiger partial charge in [0.2, 0.25) is 0 Å². The average Bonchev–Trinajstić information content (AvgIpc) is 2.38. The highest BCUT2D eigenvalue weighted by Gasteiger charge is 2.22. The molecule has 18 heavy (non-hydrogen) atoms. The highest BCUT2D eigenvalue weighted by molar-refractivity contribution is 4.78.